The van der Waals surface area contributed by atoms with Crippen LogP contribution in [0.4, 0.5) is 0 Å². The average Bonchev–Trinajstić information content (AvgIpc) is 2.43. The second kappa shape index (κ2) is 3.98. The molecule has 1 saturated heterocycles. The second-order valence-electron chi connectivity index (χ2n) is 5.38. The number of carbonyl (C=O) groups is 2. The highest BCUT2D eigenvalue weighted by atomic mass is 16.5. The first-order valence-electron chi connectivity index (χ1n) is 6.08. The van der Waals surface area contributed by atoms with Gasteiger partial charge in [0, 0.05) is 6.61 Å². The Labute approximate surface area is 101 Å². The monoisotopic (exact) mass is 241 g/mol. The molecule has 0 aromatic carbocycles. The van der Waals surface area contributed by atoms with Crippen molar-refractivity contribution in [3.63, 3.8) is 0 Å². The maximum Gasteiger partial charge on any atom is 0.319 e. The molecule has 5 nitrogen and oxygen atoms in total. The summed E-state index contributed by atoms with van der Waals surface area (Å²) in [6.45, 7) is 4.43. The Kier molecular flexibility index (Phi) is 2.89. The van der Waals surface area contributed by atoms with Crippen LogP contribution in [0.2, 0.25) is 0 Å². The van der Waals surface area contributed by atoms with E-state index in [-0.39, 0.29) is 12.0 Å². The molecule has 2 aliphatic rings. The molecule has 1 aliphatic heterocycles. The lowest BCUT2D eigenvalue weighted by atomic mass is 9.67. The lowest BCUT2D eigenvalue weighted by Crippen LogP contribution is -2.59. The minimum Gasteiger partial charge on any atom is -0.480 e. The van der Waals surface area contributed by atoms with Crippen molar-refractivity contribution in [3.05, 3.63) is 0 Å². The highest BCUT2D eigenvalue weighted by Crippen LogP contribution is 2.42. The van der Waals surface area contributed by atoms with E-state index < -0.39 is 16.9 Å². The highest BCUT2D eigenvalue weighted by molar-refractivity contribution is 6.03. The molecule has 2 rings (SSSR count). The SMILES string of the molecule is CC1OCCC1(C)NC(=O)C1(C(=O)O)CCC1. The first-order chi connectivity index (χ1) is 7.91. The first-order valence-corrected chi connectivity index (χ1v) is 6.08. The molecule has 0 aromatic heterocycles. The standard InChI is InChI=1S/C12H19NO4/c1-8-11(2,6-7-17-8)13-9(14)12(10(15)16)4-3-5-12/h8H,3-7H2,1-2H3,(H,13,14)(H,15,16). The summed E-state index contributed by atoms with van der Waals surface area (Å²) in [4.78, 5) is 23.4. The third kappa shape index (κ3) is 1.82. The third-order valence-corrected chi connectivity index (χ3v) is 4.34. The summed E-state index contributed by atoms with van der Waals surface area (Å²) in [5.74, 6) is -1.35. The van der Waals surface area contributed by atoms with Crippen LogP contribution in [0.1, 0.15) is 39.5 Å². The van der Waals surface area contributed by atoms with Crippen molar-refractivity contribution in [2.45, 2.75) is 51.2 Å². The summed E-state index contributed by atoms with van der Waals surface area (Å²) in [6.07, 6.45) is 2.36. The number of hydrogen-bond acceptors (Lipinski definition) is 3. The van der Waals surface area contributed by atoms with Crippen molar-refractivity contribution in [2.24, 2.45) is 5.41 Å². The normalized spacial score (nSPS) is 35.1. The molecule has 2 unspecified atom stereocenters. The molecule has 0 bridgehead atoms. The molecule has 17 heavy (non-hydrogen) atoms. The van der Waals surface area contributed by atoms with E-state index in [2.05, 4.69) is 5.32 Å². The number of carbonyl (C=O) groups excluding carboxylic acids is 1. The van der Waals surface area contributed by atoms with Crippen molar-refractivity contribution in [2.75, 3.05) is 6.61 Å². The van der Waals surface area contributed by atoms with Gasteiger partial charge in [0.05, 0.1) is 11.6 Å². The van der Waals surface area contributed by atoms with E-state index in [1.54, 1.807) is 0 Å². The number of nitrogens with one attached hydrogen (secondary N) is 1. The van der Waals surface area contributed by atoms with Gasteiger partial charge in [-0.1, -0.05) is 6.42 Å². The van der Waals surface area contributed by atoms with E-state index in [4.69, 9.17) is 4.74 Å². The van der Waals surface area contributed by atoms with Crippen molar-refractivity contribution < 1.29 is 19.4 Å². The Morgan fingerprint density at radius 1 is 1.35 bits per heavy atom. The Morgan fingerprint density at radius 2 is 2.00 bits per heavy atom. The van der Waals surface area contributed by atoms with Gasteiger partial charge in [0.25, 0.3) is 0 Å². The molecular weight excluding hydrogens is 222 g/mol. The van der Waals surface area contributed by atoms with Gasteiger partial charge in [0.1, 0.15) is 5.41 Å². The van der Waals surface area contributed by atoms with Crippen molar-refractivity contribution in [1.82, 2.24) is 5.32 Å². The molecule has 2 fully saturated rings. The molecule has 0 radical (unpaired) electrons. The van der Waals surface area contributed by atoms with Gasteiger partial charge >= 0.3 is 5.97 Å². The zero-order valence-electron chi connectivity index (χ0n) is 10.3. The number of carboxylic acid groups (broad SMARTS) is 1. The molecule has 1 saturated carbocycles. The van der Waals surface area contributed by atoms with Crippen LogP contribution in [0.3, 0.4) is 0 Å². The van der Waals surface area contributed by atoms with Crippen molar-refractivity contribution >= 4 is 11.9 Å². The van der Waals surface area contributed by atoms with Gasteiger partial charge in [-0.25, -0.2) is 0 Å². The van der Waals surface area contributed by atoms with E-state index in [0.717, 1.165) is 12.8 Å². The Hall–Kier alpha value is -1.10. The minimum atomic E-state index is -1.19. The van der Waals surface area contributed by atoms with Crippen LogP contribution in [-0.2, 0) is 14.3 Å². The first kappa shape index (κ1) is 12.4. The highest BCUT2D eigenvalue weighted by Gasteiger charge is 2.53. The molecule has 2 N–H and O–H groups in total. The minimum absolute atomic E-state index is 0.0719. The summed E-state index contributed by atoms with van der Waals surface area (Å²) in [5, 5.41) is 12.1. The number of carboxylic acids is 1. The fourth-order valence-corrected chi connectivity index (χ4v) is 2.45. The van der Waals surface area contributed by atoms with Crippen LogP contribution in [0.15, 0.2) is 0 Å². The van der Waals surface area contributed by atoms with Crippen LogP contribution in [0, 0.1) is 5.41 Å². The van der Waals surface area contributed by atoms with Crippen LogP contribution in [0.5, 0.6) is 0 Å². The quantitative estimate of drug-likeness (QED) is 0.721. The topological polar surface area (TPSA) is 75.6 Å². The molecule has 0 spiro atoms. The maximum absolute atomic E-state index is 12.1. The van der Waals surface area contributed by atoms with Gasteiger partial charge in [-0.3, -0.25) is 9.59 Å². The lowest BCUT2D eigenvalue weighted by Gasteiger charge is -2.39. The van der Waals surface area contributed by atoms with E-state index >= 15 is 0 Å². The Morgan fingerprint density at radius 3 is 2.35 bits per heavy atom. The summed E-state index contributed by atoms with van der Waals surface area (Å²) in [5.41, 5.74) is -1.62. The van der Waals surface area contributed by atoms with Crippen molar-refractivity contribution in [3.8, 4) is 0 Å². The molecule has 2 atom stereocenters. The Bertz CT molecular complexity index is 350. The van der Waals surface area contributed by atoms with Gasteiger partial charge in [-0.15, -0.1) is 0 Å². The number of hydrogen-bond donors (Lipinski definition) is 2. The zero-order valence-corrected chi connectivity index (χ0v) is 10.3. The van der Waals surface area contributed by atoms with Crippen LogP contribution in [0.25, 0.3) is 0 Å². The van der Waals surface area contributed by atoms with E-state index in [9.17, 15) is 14.7 Å². The van der Waals surface area contributed by atoms with Crippen LogP contribution < -0.4 is 5.32 Å². The maximum atomic E-state index is 12.1. The smallest absolute Gasteiger partial charge is 0.319 e. The van der Waals surface area contributed by atoms with Crippen LogP contribution >= 0.6 is 0 Å². The summed E-state index contributed by atoms with van der Waals surface area (Å²) in [6, 6.07) is 0. The summed E-state index contributed by atoms with van der Waals surface area (Å²) >= 11 is 0. The largest absolute Gasteiger partial charge is 0.480 e. The van der Waals surface area contributed by atoms with E-state index in [0.29, 0.717) is 19.4 Å². The zero-order chi connectivity index (χ0) is 12.7. The summed E-state index contributed by atoms with van der Waals surface area (Å²) in [7, 11) is 0. The predicted octanol–water partition coefficient (Wildman–Crippen LogP) is 0.925. The molecular formula is C12H19NO4. The average molecular weight is 241 g/mol. The molecule has 1 heterocycles. The predicted molar refractivity (Wildman–Crippen MR) is 60.5 cm³/mol. The number of aliphatic carboxylic acids is 1. The van der Waals surface area contributed by atoms with Gasteiger partial charge in [-0.05, 0) is 33.1 Å². The molecule has 0 aromatic rings. The third-order valence-electron chi connectivity index (χ3n) is 4.34. The molecule has 96 valence electrons. The number of rotatable bonds is 3. The van der Waals surface area contributed by atoms with E-state index in [1.165, 1.54) is 0 Å². The fraction of sp³-hybridized carbons (Fsp3) is 0.833. The van der Waals surface area contributed by atoms with Gasteiger partial charge < -0.3 is 15.2 Å². The lowest BCUT2D eigenvalue weighted by molar-refractivity contribution is -0.163. The number of amides is 1. The molecule has 1 aliphatic carbocycles. The number of ether oxygens (including phenoxy) is 1. The second-order valence-corrected chi connectivity index (χ2v) is 5.38. The van der Waals surface area contributed by atoms with E-state index in [1.807, 2.05) is 13.8 Å². The molecule has 1 amide bonds. The fourth-order valence-electron chi connectivity index (χ4n) is 2.45. The van der Waals surface area contributed by atoms with Gasteiger partial charge in [0.15, 0.2) is 0 Å². The molecule has 5 heteroatoms. The van der Waals surface area contributed by atoms with Crippen molar-refractivity contribution in [1.29, 1.82) is 0 Å². The van der Waals surface area contributed by atoms with Gasteiger partial charge in [-0.2, -0.15) is 0 Å². The van der Waals surface area contributed by atoms with Crippen LogP contribution in [-0.4, -0.2) is 35.2 Å². The Balaban J connectivity index is 2.08. The summed E-state index contributed by atoms with van der Waals surface area (Å²) < 4.78 is 5.43. The van der Waals surface area contributed by atoms with Gasteiger partial charge in [0.2, 0.25) is 5.91 Å².